The minimum Gasteiger partial charge on any atom is -0.427 e. The molecule has 44 heavy (non-hydrogen) atoms. The van der Waals surface area contributed by atoms with Gasteiger partial charge in [0.05, 0.1) is 11.3 Å². The molecule has 2 amide bonds. The molecule has 0 aliphatic carbocycles. The van der Waals surface area contributed by atoms with Crippen LogP contribution >= 0.6 is 11.8 Å². The second-order valence-corrected chi connectivity index (χ2v) is 15.4. The van der Waals surface area contributed by atoms with Crippen molar-refractivity contribution in [1.29, 1.82) is 0 Å². The number of thioether (sulfide) groups is 1. The Morgan fingerprint density at radius 2 is 1.75 bits per heavy atom. The van der Waals surface area contributed by atoms with E-state index < -0.39 is 63.0 Å². The lowest BCUT2D eigenvalue weighted by molar-refractivity contribution is -0.174. The Morgan fingerprint density at radius 1 is 1.11 bits per heavy atom. The van der Waals surface area contributed by atoms with Gasteiger partial charge >= 0.3 is 18.0 Å². The van der Waals surface area contributed by atoms with Crippen LogP contribution in [0.1, 0.15) is 40.2 Å². The van der Waals surface area contributed by atoms with Crippen LogP contribution in [0, 0.1) is 5.41 Å². The lowest BCUT2D eigenvalue weighted by Gasteiger charge is -2.30. The molecule has 3 rings (SSSR count). The lowest BCUT2D eigenvalue weighted by Crippen LogP contribution is -2.56. The number of carbonyl (C=O) groups is 4. The van der Waals surface area contributed by atoms with Crippen molar-refractivity contribution in [3.8, 4) is 5.75 Å². The summed E-state index contributed by atoms with van der Waals surface area (Å²) in [5.74, 6) is -1.94. The molecule has 1 saturated heterocycles. The molecule has 2 heterocycles. The van der Waals surface area contributed by atoms with Gasteiger partial charge in [-0.3, -0.25) is 14.3 Å². The number of nitrogens with zero attached hydrogens (tertiary/aromatic N) is 4. The zero-order chi connectivity index (χ0) is 33.0. The molecule has 0 spiro atoms. The molecule has 1 aliphatic heterocycles. The summed E-state index contributed by atoms with van der Waals surface area (Å²) in [4.78, 5) is 52.3. The Labute approximate surface area is 261 Å². The fraction of sp³-hybridized carbons (Fsp3) is 0.536. The lowest BCUT2D eigenvalue weighted by atomic mass is 9.98. The second-order valence-electron chi connectivity index (χ2n) is 11.9. The van der Waals surface area contributed by atoms with E-state index in [4.69, 9.17) is 14.2 Å². The third-order valence-electron chi connectivity index (χ3n) is 6.56. The van der Waals surface area contributed by atoms with Crippen molar-refractivity contribution in [2.75, 3.05) is 26.8 Å². The highest BCUT2D eigenvalue weighted by atomic mass is 32.2. The standard InChI is InChI=1S/C28H39N5O9S2/c1-27(2,3)25(36)41-17-40-24(35)20(15-18-9-11-19(12-10-18)42-26(37)31(6)7)29-23(34)22-28(4,5)43-16-33(22)44(38,39)21-13-14-32(8)30-21/h9-14,20,22H,15-17H2,1-8H3,(H,29,34)/t20-,22+/m0/s1. The van der Waals surface area contributed by atoms with Crippen LogP contribution in [0.15, 0.2) is 41.6 Å². The summed E-state index contributed by atoms with van der Waals surface area (Å²) >= 11 is 1.27. The Bertz CT molecular complexity index is 1480. The molecule has 242 valence electrons. The number of hydrogen-bond donors (Lipinski definition) is 1. The summed E-state index contributed by atoms with van der Waals surface area (Å²) in [6.45, 7) is 7.74. The molecular weight excluding hydrogens is 614 g/mol. The van der Waals surface area contributed by atoms with Gasteiger partial charge in [-0.05, 0) is 58.4 Å². The highest BCUT2D eigenvalue weighted by molar-refractivity contribution is 8.02. The number of rotatable bonds is 10. The van der Waals surface area contributed by atoms with E-state index >= 15 is 0 Å². The Balaban J connectivity index is 1.85. The zero-order valence-corrected chi connectivity index (χ0v) is 27.7. The highest BCUT2D eigenvalue weighted by Gasteiger charge is 2.52. The summed E-state index contributed by atoms with van der Waals surface area (Å²) in [7, 11) is 0.513. The van der Waals surface area contributed by atoms with Gasteiger partial charge in [-0.15, -0.1) is 11.8 Å². The number of amides is 2. The molecule has 2 atom stereocenters. The fourth-order valence-corrected chi connectivity index (χ4v) is 7.18. The summed E-state index contributed by atoms with van der Waals surface area (Å²) in [6, 6.07) is 5.15. The number of carbonyl (C=O) groups excluding carboxylic acids is 4. The van der Waals surface area contributed by atoms with E-state index in [-0.39, 0.29) is 23.1 Å². The maximum absolute atomic E-state index is 13.8. The Morgan fingerprint density at radius 3 is 2.30 bits per heavy atom. The third-order valence-corrected chi connectivity index (χ3v) is 9.80. The first-order valence-corrected chi connectivity index (χ1v) is 16.0. The van der Waals surface area contributed by atoms with Gasteiger partial charge < -0.3 is 24.4 Å². The number of aryl methyl sites for hydroxylation is 1. The SMILES string of the molecule is CN(C)C(=O)Oc1ccc(C[C@H](NC(=O)[C@H]2N(S(=O)(=O)c3ccn(C)n3)CSC2(C)C)C(=O)OCOC(=O)C(C)(C)C)cc1. The molecule has 14 nitrogen and oxygen atoms in total. The highest BCUT2D eigenvalue weighted by Crippen LogP contribution is 2.42. The van der Waals surface area contributed by atoms with Gasteiger partial charge in [0.15, 0.2) is 5.03 Å². The van der Waals surface area contributed by atoms with Crippen LogP contribution in [-0.4, -0.2) is 94.9 Å². The maximum Gasteiger partial charge on any atom is 0.414 e. The van der Waals surface area contributed by atoms with E-state index in [0.29, 0.717) is 5.56 Å². The Kier molecular flexibility index (Phi) is 10.7. The molecule has 0 saturated carbocycles. The van der Waals surface area contributed by atoms with Crippen LogP contribution in [-0.2, 0) is 47.3 Å². The molecular formula is C28H39N5O9S2. The number of nitrogens with one attached hydrogen (secondary N) is 1. The van der Waals surface area contributed by atoms with E-state index in [9.17, 15) is 27.6 Å². The smallest absolute Gasteiger partial charge is 0.414 e. The van der Waals surface area contributed by atoms with Crippen molar-refractivity contribution in [1.82, 2.24) is 24.3 Å². The molecule has 1 aromatic carbocycles. The van der Waals surface area contributed by atoms with E-state index in [1.54, 1.807) is 67.9 Å². The predicted molar refractivity (Wildman–Crippen MR) is 161 cm³/mol. The van der Waals surface area contributed by atoms with Crippen molar-refractivity contribution < 1.29 is 41.8 Å². The monoisotopic (exact) mass is 653 g/mol. The number of ether oxygens (including phenoxy) is 3. The molecule has 1 aromatic heterocycles. The fourth-order valence-electron chi connectivity index (χ4n) is 4.06. The van der Waals surface area contributed by atoms with Crippen LogP contribution < -0.4 is 10.1 Å². The van der Waals surface area contributed by atoms with E-state index in [0.717, 1.165) is 4.31 Å². The predicted octanol–water partition coefficient (Wildman–Crippen LogP) is 2.14. The van der Waals surface area contributed by atoms with Crippen LogP contribution in [0.25, 0.3) is 0 Å². The first-order chi connectivity index (χ1) is 20.3. The third kappa shape index (κ3) is 8.51. The molecule has 0 radical (unpaired) electrons. The number of esters is 2. The van der Waals surface area contributed by atoms with E-state index in [2.05, 4.69) is 10.4 Å². The number of aromatic nitrogens is 2. The van der Waals surface area contributed by atoms with Crippen LogP contribution in [0.2, 0.25) is 0 Å². The van der Waals surface area contributed by atoms with Crippen molar-refractivity contribution in [2.45, 2.75) is 62.9 Å². The summed E-state index contributed by atoms with van der Waals surface area (Å²) in [6.07, 6.45) is 0.854. The van der Waals surface area contributed by atoms with Crippen molar-refractivity contribution in [2.24, 2.45) is 12.5 Å². The van der Waals surface area contributed by atoms with Gasteiger partial charge in [0.2, 0.25) is 12.7 Å². The van der Waals surface area contributed by atoms with Crippen molar-refractivity contribution in [3.05, 3.63) is 42.1 Å². The number of hydrogen-bond acceptors (Lipinski definition) is 11. The molecule has 1 fully saturated rings. The molecule has 1 aliphatic rings. The summed E-state index contributed by atoms with van der Waals surface area (Å²) in [5, 5.41) is 6.46. The number of sulfonamides is 1. The molecule has 16 heteroatoms. The van der Waals surface area contributed by atoms with Gasteiger partial charge in [0.25, 0.3) is 10.0 Å². The molecule has 2 aromatic rings. The van der Waals surface area contributed by atoms with Gasteiger partial charge in [-0.1, -0.05) is 12.1 Å². The molecule has 0 unspecified atom stereocenters. The van der Waals surface area contributed by atoms with Gasteiger partial charge in [-0.25, -0.2) is 18.0 Å². The van der Waals surface area contributed by atoms with E-state index in [1.807, 2.05) is 0 Å². The second kappa shape index (κ2) is 13.6. The first-order valence-electron chi connectivity index (χ1n) is 13.6. The van der Waals surface area contributed by atoms with Gasteiger partial charge in [0, 0.05) is 38.5 Å². The maximum atomic E-state index is 13.8. The molecule has 1 N–H and O–H groups in total. The van der Waals surface area contributed by atoms with Crippen LogP contribution in [0.5, 0.6) is 5.75 Å². The number of benzene rings is 1. The van der Waals surface area contributed by atoms with Crippen molar-refractivity contribution >= 4 is 45.7 Å². The summed E-state index contributed by atoms with van der Waals surface area (Å²) < 4.78 is 44.0. The van der Waals surface area contributed by atoms with Crippen molar-refractivity contribution in [3.63, 3.8) is 0 Å². The zero-order valence-electron chi connectivity index (χ0n) is 26.0. The normalized spacial score (nSPS) is 17.4. The minimum absolute atomic E-state index is 0.00497. The summed E-state index contributed by atoms with van der Waals surface area (Å²) in [5.41, 5.74) is -0.256. The van der Waals surface area contributed by atoms with Gasteiger partial charge in [-0.2, -0.15) is 9.40 Å². The average molecular weight is 654 g/mol. The largest absolute Gasteiger partial charge is 0.427 e. The van der Waals surface area contributed by atoms with E-state index in [1.165, 1.54) is 45.7 Å². The van der Waals surface area contributed by atoms with Crippen LogP contribution in [0.3, 0.4) is 0 Å². The van der Waals surface area contributed by atoms with Gasteiger partial charge in [0.1, 0.15) is 17.8 Å². The molecule has 0 bridgehead atoms. The minimum atomic E-state index is -4.16. The topological polar surface area (TPSA) is 166 Å². The Hall–Kier alpha value is -3.63. The quantitative estimate of drug-likeness (QED) is 0.295. The van der Waals surface area contributed by atoms with Crippen LogP contribution in [0.4, 0.5) is 4.79 Å². The first kappa shape index (κ1) is 34.9. The average Bonchev–Trinajstić information content (AvgIpc) is 3.51.